The fourth-order valence-corrected chi connectivity index (χ4v) is 3.39. The molecule has 0 aliphatic rings. The van der Waals surface area contributed by atoms with Crippen molar-refractivity contribution in [3.8, 4) is 17.0 Å². The van der Waals surface area contributed by atoms with E-state index in [0.717, 1.165) is 22.0 Å². The van der Waals surface area contributed by atoms with Gasteiger partial charge in [-0.3, -0.25) is 9.59 Å². The number of hydrogen-bond donors (Lipinski definition) is 1. The van der Waals surface area contributed by atoms with Gasteiger partial charge in [-0.1, -0.05) is 12.1 Å². The van der Waals surface area contributed by atoms with Gasteiger partial charge in [-0.25, -0.2) is 4.98 Å². The number of methoxy groups -OCH3 is 1. The van der Waals surface area contributed by atoms with Gasteiger partial charge in [0.2, 0.25) is 5.91 Å². The van der Waals surface area contributed by atoms with Gasteiger partial charge in [0, 0.05) is 35.0 Å². The Balaban J connectivity index is 1.57. The normalized spacial score (nSPS) is 10.4. The molecule has 1 heterocycles. The number of carbonyl (C=O) groups excluding carboxylic acids is 2. The van der Waals surface area contributed by atoms with Crippen LogP contribution < -0.4 is 10.1 Å². The molecule has 1 aromatic heterocycles. The Bertz CT molecular complexity index is 948. The fourth-order valence-electron chi connectivity index (χ4n) is 2.58. The number of thiazole rings is 1. The molecule has 2 aromatic carbocycles. The molecule has 0 saturated heterocycles. The lowest BCUT2D eigenvalue weighted by Crippen LogP contribution is -2.12. The zero-order chi connectivity index (χ0) is 19.2. The maximum Gasteiger partial charge on any atom is 0.224 e. The topological polar surface area (TPSA) is 68.3 Å². The van der Waals surface area contributed by atoms with Gasteiger partial charge in [-0.05, 0) is 43.3 Å². The van der Waals surface area contributed by atoms with Gasteiger partial charge in [-0.2, -0.15) is 0 Å². The fraction of sp³-hybridized carbons (Fsp3) is 0.190. The van der Waals surface area contributed by atoms with E-state index >= 15 is 0 Å². The molecule has 1 N–H and O–H groups in total. The standard InChI is InChI=1S/C21H20N2O3S/c1-14(24)16-4-3-5-17(12-16)22-20(25)10-11-21-23-19(13-27-21)15-6-8-18(26-2)9-7-15/h3-9,12-13H,10-11H2,1-2H3,(H,22,25). The van der Waals surface area contributed by atoms with E-state index in [-0.39, 0.29) is 11.7 Å². The van der Waals surface area contributed by atoms with E-state index in [9.17, 15) is 9.59 Å². The number of rotatable bonds is 7. The Kier molecular flexibility index (Phi) is 5.98. The minimum atomic E-state index is -0.100. The third-order valence-electron chi connectivity index (χ3n) is 4.06. The molecule has 0 aliphatic heterocycles. The highest BCUT2D eigenvalue weighted by molar-refractivity contribution is 7.09. The summed E-state index contributed by atoms with van der Waals surface area (Å²) in [6.07, 6.45) is 0.902. The molecule has 3 aromatic rings. The van der Waals surface area contributed by atoms with Gasteiger partial charge < -0.3 is 10.1 Å². The van der Waals surface area contributed by atoms with E-state index in [1.54, 1.807) is 42.7 Å². The molecule has 1 amide bonds. The summed E-state index contributed by atoms with van der Waals surface area (Å²) in [6.45, 7) is 1.50. The molecule has 6 heteroatoms. The van der Waals surface area contributed by atoms with Crippen LogP contribution in [-0.4, -0.2) is 23.8 Å². The average molecular weight is 380 g/mol. The molecule has 27 heavy (non-hydrogen) atoms. The lowest BCUT2D eigenvalue weighted by Gasteiger charge is -2.05. The molecule has 0 atom stereocenters. The molecule has 0 spiro atoms. The summed E-state index contributed by atoms with van der Waals surface area (Å²) < 4.78 is 5.16. The Morgan fingerprint density at radius 3 is 2.63 bits per heavy atom. The van der Waals surface area contributed by atoms with E-state index in [1.807, 2.05) is 29.6 Å². The molecule has 0 unspecified atom stereocenters. The van der Waals surface area contributed by atoms with Crippen LogP contribution in [0.15, 0.2) is 53.9 Å². The van der Waals surface area contributed by atoms with Crippen molar-refractivity contribution in [1.29, 1.82) is 0 Å². The Morgan fingerprint density at radius 1 is 1.15 bits per heavy atom. The van der Waals surface area contributed by atoms with Gasteiger partial charge >= 0.3 is 0 Å². The summed E-state index contributed by atoms with van der Waals surface area (Å²) in [4.78, 5) is 28.2. The minimum Gasteiger partial charge on any atom is -0.497 e. The SMILES string of the molecule is COc1ccc(-c2csc(CCC(=O)Nc3cccc(C(C)=O)c3)n2)cc1. The van der Waals surface area contributed by atoms with Gasteiger partial charge in [0.15, 0.2) is 5.78 Å². The number of carbonyl (C=O) groups is 2. The number of nitrogens with zero attached hydrogens (tertiary/aromatic N) is 1. The van der Waals surface area contributed by atoms with Crippen molar-refractivity contribution >= 4 is 28.7 Å². The van der Waals surface area contributed by atoms with E-state index < -0.39 is 0 Å². The Labute approximate surface area is 162 Å². The highest BCUT2D eigenvalue weighted by Crippen LogP contribution is 2.24. The first-order valence-corrected chi connectivity index (χ1v) is 9.43. The summed E-state index contributed by atoms with van der Waals surface area (Å²) in [6, 6.07) is 14.7. The molecular formula is C21H20N2O3S. The molecule has 0 saturated carbocycles. The molecule has 0 fully saturated rings. The van der Waals surface area contributed by atoms with Crippen LogP contribution in [0.1, 0.15) is 28.7 Å². The van der Waals surface area contributed by atoms with Crippen LogP contribution in [0, 0.1) is 0 Å². The predicted octanol–water partition coefficient (Wildman–Crippen LogP) is 4.59. The summed E-state index contributed by atoms with van der Waals surface area (Å²) >= 11 is 1.54. The van der Waals surface area contributed by atoms with Crippen LogP contribution in [0.3, 0.4) is 0 Å². The Morgan fingerprint density at radius 2 is 1.93 bits per heavy atom. The average Bonchev–Trinajstić information content (AvgIpc) is 3.16. The first kappa shape index (κ1) is 18.8. The van der Waals surface area contributed by atoms with Crippen molar-refractivity contribution in [2.45, 2.75) is 19.8 Å². The zero-order valence-electron chi connectivity index (χ0n) is 15.2. The largest absolute Gasteiger partial charge is 0.497 e. The van der Waals surface area contributed by atoms with E-state index in [4.69, 9.17) is 4.74 Å². The van der Waals surface area contributed by atoms with E-state index in [1.165, 1.54) is 6.92 Å². The third-order valence-corrected chi connectivity index (χ3v) is 4.96. The van der Waals surface area contributed by atoms with Crippen molar-refractivity contribution in [2.75, 3.05) is 12.4 Å². The highest BCUT2D eigenvalue weighted by atomic mass is 32.1. The van der Waals surface area contributed by atoms with Crippen LogP contribution in [-0.2, 0) is 11.2 Å². The summed E-state index contributed by atoms with van der Waals surface area (Å²) in [5.74, 6) is 0.677. The number of hydrogen-bond acceptors (Lipinski definition) is 5. The van der Waals surface area contributed by atoms with Crippen LogP contribution in [0.25, 0.3) is 11.3 Å². The van der Waals surface area contributed by atoms with Crippen LogP contribution in [0.2, 0.25) is 0 Å². The third kappa shape index (κ3) is 5.01. The van der Waals surface area contributed by atoms with Crippen molar-refractivity contribution in [2.24, 2.45) is 0 Å². The van der Waals surface area contributed by atoms with Crippen molar-refractivity contribution in [3.63, 3.8) is 0 Å². The summed E-state index contributed by atoms with van der Waals surface area (Å²) in [5.41, 5.74) is 3.12. The molecule has 5 nitrogen and oxygen atoms in total. The smallest absolute Gasteiger partial charge is 0.224 e. The monoisotopic (exact) mass is 380 g/mol. The van der Waals surface area contributed by atoms with Crippen LogP contribution >= 0.6 is 11.3 Å². The number of amides is 1. The number of ether oxygens (including phenoxy) is 1. The maximum atomic E-state index is 12.2. The molecule has 0 aliphatic carbocycles. The van der Waals surface area contributed by atoms with Crippen molar-refractivity contribution < 1.29 is 14.3 Å². The quantitative estimate of drug-likeness (QED) is 0.609. The molecule has 0 radical (unpaired) electrons. The summed E-state index contributed by atoms with van der Waals surface area (Å²) in [5, 5.41) is 5.73. The number of nitrogens with one attached hydrogen (secondary N) is 1. The Hall–Kier alpha value is -2.99. The van der Waals surface area contributed by atoms with Crippen molar-refractivity contribution in [3.05, 3.63) is 64.5 Å². The molecule has 0 bridgehead atoms. The summed E-state index contributed by atoms with van der Waals surface area (Å²) in [7, 11) is 1.64. The van der Waals surface area contributed by atoms with E-state index in [0.29, 0.717) is 24.1 Å². The lowest BCUT2D eigenvalue weighted by atomic mass is 10.1. The second-order valence-electron chi connectivity index (χ2n) is 6.04. The number of ketones is 1. The van der Waals surface area contributed by atoms with Gasteiger partial charge in [0.05, 0.1) is 17.8 Å². The van der Waals surface area contributed by atoms with Gasteiger partial charge in [-0.15, -0.1) is 11.3 Å². The maximum absolute atomic E-state index is 12.2. The lowest BCUT2D eigenvalue weighted by molar-refractivity contribution is -0.116. The second-order valence-corrected chi connectivity index (χ2v) is 6.98. The first-order valence-electron chi connectivity index (χ1n) is 8.55. The number of aromatic nitrogens is 1. The van der Waals surface area contributed by atoms with E-state index in [2.05, 4.69) is 10.3 Å². The van der Waals surface area contributed by atoms with Gasteiger partial charge in [0.25, 0.3) is 0 Å². The molecule has 3 rings (SSSR count). The minimum absolute atomic E-state index is 0.0278. The predicted molar refractivity (Wildman–Crippen MR) is 107 cm³/mol. The number of anilines is 1. The highest BCUT2D eigenvalue weighted by Gasteiger charge is 2.09. The van der Waals surface area contributed by atoms with Crippen LogP contribution in [0.5, 0.6) is 5.75 Å². The number of aryl methyl sites for hydroxylation is 1. The van der Waals surface area contributed by atoms with Crippen LogP contribution in [0.4, 0.5) is 5.69 Å². The molecular weight excluding hydrogens is 360 g/mol. The zero-order valence-corrected chi connectivity index (χ0v) is 16.0. The number of benzene rings is 2. The number of Topliss-reactive ketones (excluding diaryl/α,β-unsaturated/α-hetero) is 1. The first-order chi connectivity index (χ1) is 13.0. The molecule has 138 valence electrons. The second kappa shape index (κ2) is 8.60. The van der Waals surface area contributed by atoms with Crippen molar-refractivity contribution in [1.82, 2.24) is 4.98 Å². The van der Waals surface area contributed by atoms with Gasteiger partial charge in [0.1, 0.15) is 5.75 Å².